The number of nitrogens with zero attached hydrogens (tertiary/aromatic N) is 3. The zero-order chi connectivity index (χ0) is 30.7. The molecule has 2 heterocycles. The first-order chi connectivity index (χ1) is 20.7. The van der Waals surface area contributed by atoms with Gasteiger partial charge in [0.1, 0.15) is 18.1 Å². The fraction of sp³-hybridized carbons (Fsp3) is 0.242. The summed E-state index contributed by atoms with van der Waals surface area (Å²) in [6, 6.07) is 20.0. The molecule has 1 aliphatic heterocycles. The second-order valence-corrected chi connectivity index (χ2v) is 11.6. The Balaban J connectivity index is 1.58. The van der Waals surface area contributed by atoms with Crippen LogP contribution in [0.2, 0.25) is 5.02 Å². The molecule has 222 valence electrons. The monoisotopic (exact) mass is 617 g/mol. The highest BCUT2D eigenvalue weighted by Crippen LogP contribution is 2.32. The Hall–Kier alpha value is -4.34. The second kappa shape index (κ2) is 12.9. The number of hydrogen-bond acceptors (Lipinski definition) is 8. The lowest BCUT2D eigenvalue weighted by Gasteiger charge is -2.25. The van der Waals surface area contributed by atoms with E-state index in [4.69, 9.17) is 25.8 Å². The van der Waals surface area contributed by atoms with Gasteiger partial charge in [0, 0.05) is 30.4 Å². The van der Waals surface area contributed by atoms with Crippen LogP contribution in [0.15, 0.2) is 87.8 Å². The molecule has 0 aliphatic carbocycles. The van der Waals surface area contributed by atoms with Crippen molar-refractivity contribution < 1.29 is 19.0 Å². The molecule has 0 bridgehead atoms. The standard InChI is InChI=1S/C33H32ClN3O5S/c1-6-41-32(39)29-20(2)35-33-37(30(29)22-11-13-25(14-12-22)36(3)4)31(38)28(43-33)17-21-10-15-27(40-5)23(16-21)19-42-26-9-7-8-24(34)18-26/h7-18,30H,6,19H2,1-5H3/b28-17+/t30-/m0/s1. The predicted molar refractivity (Wildman–Crippen MR) is 170 cm³/mol. The molecule has 0 N–H and O–H groups in total. The van der Waals surface area contributed by atoms with E-state index in [-0.39, 0.29) is 18.8 Å². The summed E-state index contributed by atoms with van der Waals surface area (Å²) in [6.07, 6.45) is 1.82. The number of anilines is 1. The highest BCUT2D eigenvalue weighted by atomic mass is 35.5. The summed E-state index contributed by atoms with van der Waals surface area (Å²) in [4.78, 5) is 34.3. The van der Waals surface area contributed by atoms with Crippen LogP contribution in [0.5, 0.6) is 11.5 Å². The summed E-state index contributed by atoms with van der Waals surface area (Å²) in [6.45, 7) is 4.00. The van der Waals surface area contributed by atoms with Gasteiger partial charge in [-0.15, -0.1) is 0 Å². The fourth-order valence-electron chi connectivity index (χ4n) is 4.93. The van der Waals surface area contributed by atoms with E-state index < -0.39 is 12.0 Å². The number of ether oxygens (including phenoxy) is 3. The van der Waals surface area contributed by atoms with Crippen molar-refractivity contribution in [1.29, 1.82) is 0 Å². The van der Waals surface area contributed by atoms with Gasteiger partial charge >= 0.3 is 5.97 Å². The summed E-state index contributed by atoms with van der Waals surface area (Å²) in [5.41, 5.74) is 4.03. The van der Waals surface area contributed by atoms with Crippen LogP contribution in [0.1, 0.15) is 36.6 Å². The van der Waals surface area contributed by atoms with Crippen molar-refractivity contribution >= 4 is 40.7 Å². The van der Waals surface area contributed by atoms with Gasteiger partial charge in [0.05, 0.1) is 35.6 Å². The summed E-state index contributed by atoms with van der Waals surface area (Å²) in [5.74, 6) is 0.815. The number of rotatable bonds is 9. The number of thiazole rings is 1. The molecule has 8 nitrogen and oxygen atoms in total. The Morgan fingerprint density at radius 3 is 2.56 bits per heavy atom. The van der Waals surface area contributed by atoms with Gasteiger partial charge in [-0.3, -0.25) is 9.36 Å². The zero-order valence-electron chi connectivity index (χ0n) is 24.6. The molecule has 3 aromatic carbocycles. The van der Waals surface area contributed by atoms with Crippen LogP contribution >= 0.6 is 22.9 Å². The van der Waals surface area contributed by atoms with Crippen LogP contribution in [0.4, 0.5) is 5.69 Å². The lowest BCUT2D eigenvalue weighted by atomic mass is 9.95. The zero-order valence-corrected chi connectivity index (χ0v) is 26.2. The van der Waals surface area contributed by atoms with E-state index in [0.29, 0.717) is 37.1 Å². The number of allylic oxidation sites excluding steroid dienone is 1. The number of carbonyl (C=O) groups excluding carboxylic acids is 1. The summed E-state index contributed by atoms with van der Waals surface area (Å²) < 4.78 is 19.0. The number of hydrogen-bond donors (Lipinski definition) is 0. The van der Waals surface area contributed by atoms with E-state index in [0.717, 1.165) is 22.4 Å². The first kappa shape index (κ1) is 30.1. The molecule has 0 saturated carbocycles. The number of fused-ring (bicyclic) bond motifs is 1. The molecule has 0 unspecified atom stereocenters. The Morgan fingerprint density at radius 1 is 1.12 bits per heavy atom. The number of carbonyl (C=O) groups is 1. The molecule has 1 atom stereocenters. The minimum absolute atomic E-state index is 0.215. The van der Waals surface area contributed by atoms with E-state index in [1.165, 1.54) is 11.3 Å². The van der Waals surface area contributed by atoms with Crippen molar-refractivity contribution in [2.45, 2.75) is 26.5 Å². The second-order valence-electron chi connectivity index (χ2n) is 10.1. The van der Waals surface area contributed by atoms with Gasteiger partial charge in [0.25, 0.3) is 5.56 Å². The van der Waals surface area contributed by atoms with E-state index in [9.17, 15) is 9.59 Å². The molecule has 43 heavy (non-hydrogen) atoms. The highest BCUT2D eigenvalue weighted by molar-refractivity contribution is 7.07. The summed E-state index contributed by atoms with van der Waals surface area (Å²) >= 11 is 7.38. The van der Waals surface area contributed by atoms with Crippen LogP contribution in [-0.2, 0) is 16.1 Å². The highest BCUT2D eigenvalue weighted by Gasteiger charge is 2.33. The van der Waals surface area contributed by atoms with E-state index in [1.54, 1.807) is 37.7 Å². The first-order valence-corrected chi connectivity index (χ1v) is 14.9. The van der Waals surface area contributed by atoms with Gasteiger partial charge in [0.15, 0.2) is 4.80 Å². The summed E-state index contributed by atoms with van der Waals surface area (Å²) in [7, 11) is 5.52. The minimum atomic E-state index is -0.675. The SMILES string of the molecule is CCOC(=O)C1=C(C)N=c2s/c(=C/c3ccc(OC)c(COc4cccc(Cl)c4)c3)c(=O)n2[C@H]1c1ccc(N(C)C)cc1. The number of benzene rings is 3. The molecule has 0 spiro atoms. The maximum Gasteiger partial charge on any atom is 0.338 e. The van der Waals surface area contributed by atoms with Gasteiger partial charge in [-0.05, 0) is 73.5 Å². The van der Waals surface area contributed by atoms with Crippen molar-refractivity contribution in [1.82, 2.24) is 4.57 Å². The van der Waals surface area contributed by atoms with Crippen LogP contribution in [0.3, 0.4) is 0 Å². The van der Waals surface area contributed by atoms with E-state index in [1.807, 2.05) is 79.7 Å². The minimum Gasteiger partial charge on any atom is -0.496 e. The van der Waals surface area contributed by atoms with Crippen molar-refractivity contribution in [2.75, 3.05) is 32.7 Å². The lowest BCUT2D eigenvalue weighted by Crippen LogP contribution is -2.39. The van der Waals surface area contributed by atoms with E-state index >= 15 is 0 Å². The third-order valence-corrected chi connectivity index (χ3v) is 8.25. The third-order valence-electron chi connectivity index (χ3n) is 7.03. The predicted octanol–water partition coefficient (Wildman–Crippen LogP) is 5.11. The quantitative estimate of drug-likeness (QED) is 0.243. The molecule has 0 radical (unpaired) electrons. The molecule has 1 aliphatic rings. The molecule has 1 aromatic heterocycles. The van der Waals surface area contributed by atoms with Crippen LogP contribution in [0.25, 0.3) is 6.08 Å². The average molecular weight is 618 g/mol. The number of aromatic nitrogens is 1. The smallest absolute Gasteiger partial charge is 0.338 e. The topological polar surface area (TPSA) is 82.4 Å². The van der Waals surface area contributed by atoms with Gasteiger partial charge in [-0.2, -0.15) is 0 Å². The number of esters is 1. The maximum atomic E-state index is 14.0. The maximum absolute atomic E-state index is 14.0. The van der Waals surface area contributed by atoms with Crippen molar-refractivity contribution in [2.24, 2.45) is 4.99 Å². The lowest BCUT2D eigenvalue weighted by molar-refractivity contribution is -0.139. The normalized spacial score (nSPS) is 14.7. The molecule has 0 fully saturated rings. The summed E-state index contributed by atoms with van der Waals surface area (Å²) in [5, 5.41) is 0.585. The van der Waals surface area contributed by atoms with Gasteiger partial charge in [-0.1, -0.05) is 47.2 Å². The molecule has 10 heteroatoms. The van der Waals surface area contributed by atoms with Crippen molar-refractivity contribution in [3.8, 4) is 11.5 Å². The molecule has 5 rings (SSSR count). The van der Waals surface area contributed by atoms with Gasteiger partial charge < -0.3 is 19.1 Å². The van der Waals surface area contributed by atoms with Crippen LogP contribution in [0, 0.1) is 0 Å². The van der Waals surface area contributed by atoms with Crippen molar-refractivity contribution in [3.05, 3.63) is 119 Å². The first-order valence-electron chi connectivity index (χ1n) is 13.7. The van der Waals surface area contributed by atoms with E-state index in [2.05, 4.69) is 4.99 Å². The average Bonchev–Trinajstić information content (AvgIpc) is 3.29. The Morgan fingerprint density at radius 2 is 1.88 bits per heavy atom. The molecule has 4 aromatic rings. The third kappa shape index (κ3) is 6.38. The number of halogens is 1. The van der Waals surface area contributed by atoms with Crippen molar-refractivity contribution in [3.63, 3.8) is 0 Å². The Kier molecular flexibility index (Phi) is 9.03. The van der Waals surface area contributed by atoms with Gasteiger partial charge in [-0.25, -0.2) is 9.79 Å². The van der Waals surface area contributed by atoms with Crippen LogP contribution in [-0.4, -0.2) is 38.3 Å². The van der Waals surface area contributed by atoms with Gasteiger partial charge in [0.2, 0.25) is 0 Å². The largest absolute Gasteiger partial charge is 0.496 e. The van der Waals surface area contributed by atoms with Crippen LogP contribution < -0.4 is 29.3 Å². The molecular formula is C33H32ClN3O5S. The molecule has 0 saturated heterocycles. The Labute approximate surface area is 258 Å². The molecule has 0 amide bonds. The fourth-order valence-corrected chi connectivity index (χ4v) is 6.16. The molecular weight excluding hydrogens is 586 g/mol. The Bertz CT molecular complexity index is 1880. The number of methoxy groups -OCH3 is 1.